The summed E-state index contributed by atoms with van der Waals surface area (Å²) < 4.78 is 9.17. The monoisotopic (exact) mass is 461 g/mol. The van der Waals surface area contributed by atoms with Crippen molar-refractivity contribution < 1.29 is 4.74 Å². The Hall–Kier alpha value is -4.52. The SMILES string of the molecule is CCOc1ccc(-n2c3nc4ccccc4nc3c3c(=O)n(CCc4ccccc4)cnc32)cc1. The fraction of sp³-hybridized carbons (Fsp3) is 0.143. The van der Waals surface area contributed by atoms with E-state index in [2.05, 4.69) is 12.1 Å². The predicted octanol–water partition coefficient (Wildman–Crippen LogP) is 4.93. The third kappa shape index (κ3) is 3.71. The molecule has 0 N–H and O–H groups in total. The molecule has 0 atom stereocenters. The zero-order valence-corrected chi connectivity index (χ0v) is 19.3. The summed E-state index contributed by atoms with van der Waals surface area (Å²) in [6.45, 7) is 3.08. The summed E-state index contributed by atoms with van der Waals surface area (Å²) in [5.41, 5.74) is 5.09. The van der Waals surface area contributed by atoms with Gasteiger partial charge in [-0.2, -0.15) is 0 Å². The van der Waals surface area contributed by atoms with Crippen molar-refractivity contribution in [3.63, 3.8) is 0 Å². The van der Waals surface area contributed by atoms with E-state index in [9.17, 15) is 4.79 Å². The van der Waals surface area contributed by atoms with Crippen molar-refractivity contribution >= 4 is 33.2 Å². The van der Waals surface area contributed by atoms with E-state index in [0.29, 0.717) is 35.3 Å². The van der Waals surface area contributed by atoms with Crippen LogP contribution in [-0.4, -0.2) is 30.7 Å². The van der Waals surface area contributed by atoms with Gasteiger partial charge in [-0.3, -0.25) is 13.9 Å². The van der Waals surface area contributed by atoms with E-state index < -0.39 is 0 Å². The maximum atomic E-state index is 13.7. The van der Waals surface area contributed by atoms with Crippen LogP contribution in [0.5, 0.6) is 5.75 Å². The van der Waals surface area contributed by atoms with Gasteiger partial charge in [-0.1, -0.05) is 42.5 Å². The normalized spacial score (nSPS) is 11.5. The lowest BCUT2D eigenvalue weighted by Crippen LogP contribution is -2.21. The van der Waals surface area contributed by atoms with Crippen LogP contribution in [-0.2, 0) is 13.0 Å². The van der Waals surface area contributed by atoms with Gasteiger partial charge in [0, 0.05) is 12.2 Å². The second-order valence-corrected chi connectivity index (χ2v) is 8.32. The van der Waals surface area contributed by atoms with Crippen LogP contribution in [0.3, 0.4) is 0 Å². The first-order valence-electron chi connectivity index (χ1n) is 11.7. The first kappa shape index (κ1) is 21.0. The van der Waals surface area contributed by atoms with Gasteiger partial charge in [0.05, 0.1) is 24.0 Å². The molecule has 7 nitrogen and oxygen atoms in total. The van der Waals surface area contributed by atoms with Crippen molar-refractivity contribution in [3.8, 4) is 11.4 Å². The van der Waals surface area contributed by atoms with Crippen molar-refractivity contribution in [2.24, 2.45) is 0 Å². The van der Waals surface area contributed by atoms with Gasteiger partial charge in [-0.15, -0.1) is 0 Å². The number of hydrogen-bond donors (Lipinski definition) is 0. The number of hydrogen-bond acceptors (Lipinski definition) is 5. The van der Waals surface area contributed by atoms with Gasteiger partial charge >= 0.3 is 0 Å². The summed E-state index contributed by atoms with van der Waals surface area (Å²) >= 11 is 0. The quantitative estimate of drug-likeness (QED) is 0.352. The van der Waals surface area contributed by atoms with Crippen LogP contribution in [0.15, 0.2) is 90.0 Å². The van der Waals surface area contributed by atoms with Crippen LogP contribution in [0.25, 0.3) is 38.9 Å². The van der Waals surface area contributed by atoms with E-state index in [4.69, 9.17) is 19.7 Å². The fourth-order valence-electron chi connectivity index (χ4n) is 4.43. The van der Waals surface area contributed by atoms with Crippen molar-refractivity contribution in [3.05, 3.63) is 101 Å². The standard InChI is InChI=1S/C28H23N5O2/c1-2-35-21-14-12-20(13-15-21)33-26-24(25-27(33)31-23-11-7-6-10-22(23)30-25)28(34)32(18-29-26)17-16-19-8-4-3-5-9-19/h3-15,18H,2,16-17H2,1H3. The molecule has 0 amide bonds. The number of ether oxygens (including phenoxy) is 1. The molecule has 0 aliphatic carbocycles. The number of fused-ring (bicyclic) bond motifs is 4. The minimum Gasteiger partial charge on any atom is -0.494 e. The van der Waals surface area contributed by atoms with E-state index in [1.165, 1.54) is 5.56 Å². The summed E-state index contributed by atoms with van der Waals surface area (Å²) in [6, 6.07) is 25.5. The Labute approximate surface area is 201 Å². The molecule has 6 rings (SSSR count). The summed E-state index contributed by atoms with van der Waals surface area (Å²) in [5, 5.41) is 0.475. The van der Waals surface area contributed by atoms with Gasteiger partial charge in [0.25, 0.3) is 5.56 Å². The Morgan fingerprint density at radius 3 is 2.29 bits per heavy atom. The van der Waals surface area contributed by atoms with Crippen LogP contribution in [0.4, 0.5) is 0 Å². The molecule has 0 fully saturated rings. The van der Waals surface area contributed by atoms with Gasteiger partial charge < -0.3 is 4.74 Å². The zero-order valence-electron chi connectivity index (χ0n) is 19.3. The Balaban J connectivity index is 1.57. The topological polar surface area (TPSA) is 74.8 Å². The van der Waals surface area contributed by atoms with E-state index in [1.807, 2.05) is 78.2 Å². The number of para-hydroxylation sites is 2. The number of aromatic nitrogens is 5. The molecule has 3 aromatic heterocycles. The molecule has 0 saturated heterocycles. The first-order chi connectivity index (χ1) is 17.2. The van der Waals surface area contributed by atoms with Crippen molar-refractivity contribution in [2.75, 3.05) is 6.61 Å². The molecule has 7 heteroatoms. The molecule has 0 bridgehead atoms. The number of aryl methyl sites for hydroxylation is 2. The highest BCUT2D eigenvalue weighted by molar-refractivity contribution is 6.05. The third-order valence-corrected chi connectivity index (χ3v) is 6.12. The highest BCUT2D eigenvalue weighted by atomic mass is 16.5. The molecule has 0 radical (unpaired) electrons. The second-order valence-electron chi connectivity index (χ2n) is 8.32. The Morgan fingerprint density at radius 2 is 1.54 bits per heavy atom. The maximum Gasteiger partial charge on any atom is 0.265 e. The first-order valence-corrected chi connectivity index (χ1v) is 11.7. The van der Waals surface area contributed by atoms with Crippen LogP contribution >= 0.6 is 0 Å². The molecular formula is C28H23N5O2. The van der Waals surface area contributed by atoms with E-state index >= 15 is 0 Å². The van der Waals surface area contributed by atoms with Gasteiger partial charge in [0.15, 0.2) is 11.3 Å². The fourth-order valence-corrected chi connectivity index (χ4v) is 4.43. The smallest absolute Gasteiger partial charge is 0.265 e. The van der Waals surface area contributed by atoms with Gasteiger partial charge in [0.1, 0.15) is 16.7 Å². The molecule has 3 aromatic carbocycles. The number of benzene rings is 3. The Kier molecular flexibility index (Phi) is 5.22. The van der Waals surface area contributed by atoms with Crippen LogP contribution in [0, 0.1) is 0 Å². The highest BCUT2D eigenvalue weighted by Crippen LogP contribution is 2.29. The van der Waals surface area contributed by atoms with Gasteiger partial charge in [0.2, 0.25) is 0 Å². The molecule has 172 valence electrons. The third-order valence-electron chi connectivity index (χ3n) is 6.12. The van der Waals surface area contributed by atoms with Crippen LogP contribution in [0.1, 0.15) is 12.5 Å². The Bertz CT molecular complexity index is 1720. The van der Waals surface area contributed by atoms with Crippen molar-refractivity contribution in [1.82, 2.24) is 24.1 Å². The molecule has 0 aliphatic rings. The molecular weight excluding hydrogens is 438 g/mol. The summed E-state index contributed by atoms with van der Waals surface area (Å²) in [6.07, 6.45) is 2.36. The largest absolute Gasteiger partial charge is 0.494 e. The number of rotatable bonds is 6. The van der Waals surface area contributed by atoms with E-state index in [1.54, 1.807) is 10.9 Å². The highest BCUT2D eigenvalue weighted by Gasteiger charge is 2.21. The lowest BCUT2D eigenvalue weighted by Gasteiger charge is -2.09. The average Bonchev–Trinajstić information content (AvgIpc) is 3.22. The average molecular weight is 462 g/mol. The Morgan fingerprint density at radius 1 is 0.829 bits per heavy atom. The molecule has 6 aromatic rings. The summed E-state index contributed by atoms with van der Waals surface area (Å²) in [5.74, 6) is 0.782. The summed E-state index contributed by atoms with van der Waals surface area (Å²) in [7, 11) is 0. The predicted molar refractivity (Wildman–Crippen MR) is 137 cm³/mol. The summed E-state index contributed by atoms with van der Waals surface area (Å²) in [4.78, 5) is 28.2. The van der Waals surface area contributed by atoms with E-state index in [0.717, 1.165) is 28.9 Å². The lowest BCUT2D eigenvalue weighted by atomic mass is 10.1. The van der Waals surface area contributed by atoms with Crippen LogP contribution < -0.4 is 10.3 Å². The lowest BCUT2D eigenvalue weighted by molar-refractivity contribution is 0.340. The zero-order chi connectivity index (χ0) is 23.8. The van der Waals surface area contributed by atoms with Crippen molar-refractivity contribution in [1.29, 1.82) is 0 Å². The van der Waals surface area contributed by atoms with Crippen molar-refractivity contribution in [2.45, 2.75) is 19.9 Å². The molecule has 0 spiro atoms. The molecule has 0 aliphatic heterocycles. The minimum atomic E-state index is -0.120. The molecule has 3 heterocycles. The number of nitrogens with zero attached hydrogens (tertiary/aromatic N) is 5. The molecule has 0 saturated carbocycles. The van der Waals surface area contributed by atoms with E-state index in [-0.39, 0.29) is 5.56 Å². The molecule has 35 heavy (non-hydrogen) atoms. The van der Waals surface area contributed by atoms with Crippen LogP contribution in [0.2, 0.25) is 0 Å². The second kappa shape index (κ2) is 8.68. The van der Waals surface area contributed by atoms with Gasteiger partial charge in [-0.05, 0) is 55.3 Å². The minimum absolute atomic E-state index is 0.120. The van der Waals surface area contributed by atoms with Gasteiger partial charge in [-0.25, -0.2) is 15.0 Å². The molecule has 0 unspecified atom stereocenters. The maximum absolute atomic E-state index is 13.7.